The third kappa shape index (κ3) is 4.49. The highest BCUT2D eigenvalue weighted by atomic mass is 32.2. The summed E-state index contributed by atoms with van der Waals surface area (Å²) in [5.41, 5.74) is 1.22. The number of piperidine rings is 1. The maximum atomic E-state index is 12.3. The number of carbonyl (C=O) groups excluding carboxylic acids is 1. The Morgan fingerprint density at radius 2 is 2.04 bits per heavy atom. The molecule has 1 aromatic carbocycles. The Bertz CT molecular complexity index is 532. The van der Waals surface area contributed by atoms with Crippen molar-refractivity contribution >= 4 is 17.7 Å². The van der Waals surface area contributed by atoms with Crippen LogP contribution in [0, 0.1) is 6.92 Å². The second-order valence-corrected chi connectivity index (χ2v) is 7.45. The molecule has 0 saturated carbocycles. The van der Waals surface area contributed by atoms with Gasteiger partial charge in [-0.3, -0.25) is 9.69 Å². The van der Waals surface area contributed by atoms with E-state index in [4.69, 9.17) is 4.74 Å². The highest BCUT2D eigenvalue weighted by Gasteiger charge is 2.34. The van der Waals surface area contributed by atoms with Crippen LogP contribution in [0.3, 0.4) is 0 Å². The van der Waals surface area contributed by atoms with E-state index in [2.05, 4.69) is 29.3 Å². The van der Waals surface area contributed by atoms with Crippen molar-refractivity contribution in [3.05, 3.63) is 29.8 Å². The zero-order valence-corrected chi connectivity index (χ0v) is 14.6. The van der Waals surface area contributed by atoms with Crippen LogP contribution in [0.1, 0.15) is 24.8 Å². The molecule has 126 valence electrons. The number of hydrogen-bond donors (Lipinski definition) is 1. The summed E-state index contributed by atoms with van der Waals surface area (Å²) in [5.74, 6) is 0.574. The summed E-state index contributed by atoms with van der Waals surface area (Å²) < 4.78 is 5.64. The molecule has 2 aliphatic rings. The molecule has 23 heavy (non-hydrogen) atoms. The lowest BCUT2D eigenvalue weighted by Gasteiger charge is -2.34. The van der Waals surface area contributed by atoms with Crippen molar-refractivity contribution in [3.8, 4) is 0 Å². The molecule has 0 aromatic heterocycles. The van der Waals surface area contributed by atoms with E-state index < -0.39 is 0 Å². The Morgan fingerprint density at radius 3 is 2.83 bits per heavy atom. The number of likely N-dealkylation sites (tertiary alicyclic amines) is 1. The zero-order chi connectivity index (χ0) is 16.1. The number of nitrogens with zero attached hydrogens (tertiary/aromatic N) is 1. The highest BCUT2D eigenvalue weighted by Crippen LogP contribution is 2.22. The van der Waals surface area contributed by atoms with Crippen molar-refractivity contribution in [3.63, 3.8) is 0 Å². The summed E-state index contributed by atoms with van der Waals surface area (Å²) >= 11 is 1.61. The fourth-order valence-corrected chi connectivity index (χ4v) is 4.24. The van der Waals surface area contributed by atoms with Crippen LogP contribution in [0.25, 0.3) is 0 Å². The minimum absolute atomic E-state index is 0.107. The van der Waals surface area contributed by atoms with Gasteiger partial charge in [0.1, 0.15) is 0 Å². The number of benzene rings is 1. The Labute approximate surface area is 143 Å². The number of carbonyl (C=O) groups is 1. The summed E-state index contributed by atoms with van der Waals surface area (Å²) in [7, 11) is 0. The van der Waals surface area contributed by atoms with Gasteiger partial charge in [0.25, 0.3) is 0 Å². The molecule has 4 nitrogen and oxygen atoms in total. The van der Waals surface area contributed by atoms with Gasteiger partial charge in [-0.15, -0.1) is 11.8 Å². The molecule has 2 fully saturated rings. The Kier molecular flexibility index (Phi) is 5.97. The van der Waals surface area contributed by atoms with Gasteiger partial charge in [-0.2, -0.15) is 0 Å². The summed E-state index contributed by atoms with van der Waals surface area (Å²) in [5, 5.41) is 3.19. The SMILES string of the molecule is Cc1ccccc1SCC(=O)N[C@@H]1COC[C@H]1N1CCCCC1. The number of ether oxygens (including phenoxy) is 1. The topological polar surface area (TPSA) is 41.6 Å². The predicted octanol–water partition coefficient (Wildman–Crippen LogP) is 2.46. The van der Waals surface area contributed by atoms with E-state index in [1.54, 1.807) is 11.8 Å². The molecule has 0 radical (unpaired) electrons. The first-order valence-electron chi connectivity index (χ1n) is 8.53. The molecule has 3 rings (SSSR count). The van der Waals surface area contributed by atoms with Crippen LogP contribution in [0.15, 0.2) is 29.2 Å². The van der Waals surface area contributed by atoms with E-state index in [0.29, 0.717) is 18.4 Å². The summed E-state index contributed by atoms with van der Waals surface area (Å²) in [4.78, 5) is 16.0. The molecule has 2 atom stereocenters. The molecule has 1 aromatic rings. The molecule has 1 N–H and O–H groups in total. The average Bonchev–Trinajstić information content (AvgIpc) is 3.03. The normalized spacial score (nSPS) is 25.4. The molecule has 0 unspecified atom stereocenters. The first-order valence-corrected chi connectivity index (χ1v) is 9.52. The Balaban J connectivity index is 1.49. The van der Waals surface area contributed by atoms with Crippen LogP contribution in [-0.4, -0.2) is 54.9 Å². The largest absolute Gasteiger partial charge is 0.378 e. The zero-order valence-electron chi connectivity index (χ0n) is 13.8. The lowest BCUT2D eigenvalue weighted by Crippen LogP contribution is -2.52. The molecule has 0 bridgehead atoms. The number of aryl methyl sites for hydroxylation is 1. The maximum absolute atomic E-state index is 12.3. The summed E-state index contributed by atoms with van der Waals surface area (Å²) in [6.45, 7) is 5.74. The minimum Gasteiger partial charge on any atom is -0.378 e. The smallest absolute Gasteiger partial charge is 0.230 e. The standard InChI is InChI=1S/C18H26N2O2S/c1-14-7-3-4-8-17(14)23-13-18(21)19-15-11-22-12-16(15)20-9-5-2-6-10-20/h3-4,7-8,15-16H,2,5-6,9-13H2,1H3,(H,19,21)/t15-,16-/m1/s1. The van der Waals surface area contributed by atoms with Gasteiger partial charge in [0.15, 0.2) is 0 Å². The number of thioether (sulfide) groups is 1. The van der Waals surface area contributed by atoms with E-state index >= 15 is 0 Å². The van der Waals surface area contributed by atoms with Crippen LogP contribution >= 0.6 is 11.8 Å². The average molecular weight is 334 g/mol. The van der Waals surface area contributed by atoms with Gasteiger partial charge in [-0.05, 0) is 44.5 Å². The number of hydrogen-bond acceptors (Lipinski definition) is 4. The number of amides is 1. The minimum atomic E-state index is 0.107. The van der Waals surface area contributed by atoms with Crippen molar-refractivity contribution in [1.82, 2.24) is 10.2 Å². The van der Waals surface area contributed by atoms with E-state index in [1.165, 1.54) is 29.7 Å². The molecule has 5 heteroatoms. The van der Waals surface area contributed by atoms with Gasteiger partial charge >= 0.3 is 0 Å². The lowest BCUT2D eigenvalue weighted by atomic mass is 10.1. The molecular formula is C18H26N2O2S. The summed E-state index contributed by atoms with van der Waals surface area (Å²) in [6, 6.07) is 8.68. The van der Waals surface area contributed by atoms with Gasteiger partial charge in [0, 0.05) is 4.90 Å². The molecule has 2 aliphatic heterocycles. The molecule has 0 spiro atoms. The van der Waals surface area contributed by atoms with E-state index in [-0.39, 0.29) is 11.9 Å². The quantitative estimate of drug-likeness (QED) is 0.840. The molecule has 2 saturated heterocycles. The molecule has 2 heterocycles. The lowest BCUT2D eigenvalue weighted by molar-refractivity contribution is -0.119. The van der Waals surface area contributed by atoms with E-state index in [1.807, 2.05) is 12.1 Å². The molecule has 1 amide bonds. The first kappa shape index (κ1) is 16.8. The second-order valence-electron chi connectivity index (χ2n) is 6.43. The summed E-state index contributed by atoms with van der Waals surface area (Å²) in [6.07, 6.45) is 3.86. The van der Waals surface area contributed by atoms with Crippen molar-refractivity contribution in [1.29, 1.82) is 0 Å². The number of rotatable bonds is 5. The number of nitrogens with one attached hydrogen (secondary N) is 1. The molecule has 0 aliphatic carbocycles. The van der Waals surface area contributed by atoms with Crippen LogP contribution in [0.5, 0.6) is 0 Å². The Hall–Kier alpha value is -1.04. The van der Waals surface area contributed by atoms with Crippen molar-refractivity contribution in [2.24, 2.45) is 0 Å². The third-order valence-electron chi connectivity index (χ3n) is 4.71. The maximum Gasteiger partial charge on any atom is 0.230 e. The van der Waals surface area contributed by atoms with Crippen LogP contribution in [-0.2, 0) is 9.53 Å². The highest BCUT2D eigenvalue weighted by molar-refractivity contribution is 8.00. The van der Waals surface area contributed by atoms with Gasteiger partial charge in [0.2, 0.25) is 5.91 Å². The van der Waals surface area contributed by atoms with Gasteiger partial charge in [0.05, 0.1) is 31.1 Å². The third-order valence-corrected chi connectivity index (χ3v) is 5.88. The van der Waals surface area contributed by atoms with Gasteiger partial charge in [-0.25, -0.2) is 0 Å². The predicted molar refractivity (Wildman–Crippen MR) is 93.9 cm³/mol. The van der Waals surface area contributed by atoms with Crippen molar-refractivity contribution in [2.45, 2.75) is 43.2 Å². The van der Waals surface area contributed by atoms with E-state index in [9.17, 15) is 4.79 Å². The first-order chi connectivity index (χ1) is 11.2. The van der Waals surface area contributed by atoms with Crippen LogP contribution in [0.4, 0.5) is 0 Å². The van der Waals surface area contributed by atoms with Crippen LogP contribution in [0.2, 0.25) is 0 Å². The van der Waals surface area contributed by atoms with Crippen molar-refractivity contribution < 1.29 is 9.53 Å². The van der Waals surface area contributed by atoms with Crippen LogP contribution < -0.4 is 5.32 Å². The van der Waals surface area contributed by atoms with Gasteiger partial charge in [-0.1, -0.05) is 24.6 Å². The molecular weight excluding hydrogens is 308 g/mol. The second kappa shape index (κ2) is 8.18. The van der Waals surface area contributed by atoms with Gasteiger partial charge < -0.3 is 10.1 Å². The monoisotopic (exact) mass is 334 g/mol. The Morgan fingerprint density at radius 1 is 1.26 bits per heavy atom. The fraction of sp³-hybridized carbons (Fsp3) is 0.611. The fourth-order valence-electron chi connectivity index (χ4n) is 3.40. The van der Waals surface area contributed by atoms with E-state index in [0.717, 1.165) is 19.7 Å². The van der Waals surface area contributed by atoms with Crippen molar-refractivity contribution in [2.75, 3.05) is 32.1 Å².